The van der Waals surface area contributed by atoms with Gasteiger partial charge >= 0.3 is 0 Å². The van der Waals surface area contributed by atoms with Crippen molar-refractivity contribution in [2.75, 3.05) is 5.32 Å². The van der Waals surface area contributed by atoms with E-state index in [9.17, 15) is 20.0 Å². The number of nitrogens with one attached hydrogen (secondary N) is 1. The highest BCUT2D eigenvalue weighted by Crippen LogP contribution is 2.36. The zero-order chi connectivity index (χ0) is 11.7. The number of hydrogen-bond donors (Lipinski definition) is 2. The summed E-state index contributed by atoms with van der Waals surface area (Å²) in [6.07, 6.45) is 1.60. The van der Waals surface area contributed by atoms with Crippen molar-refractivity contribution in [3.63, 3.8) is 0 Å². The van der Waals surface area contributed by atoms with Crippen LogP contribution in [0.15, 0.2) is 18.2 Å². The minimum atomic E-state index is -0.637. The molecule has 0 radical (unpaired) electrons. The second-order valence-electron chi connectivity index (χ2n) is 3.69. The first kappa shape index (κ1) is 10.4. The Bertz CT molecular complexity index is 454. The van der Waals surface area contributed by atoms with Crippen LogP contribution in [0.3, 0.4) is 0 Å². The molecule has 0 bridgehead atoms. The van der Waals surface area contributed by atoms with Gasteiger partial charge in [-0.1, -0.05) is 6.07 Å². The van der Waals surface area contributed by atoms with E-state index in [1.807, 2.05) is 0 Å². The molecule has 0 aromatic heterocycles. The molecule has 1 aromatic carbocycles. The maximum atomic E-state index is 11.5. The van der Waals surface area contributed by atoms with Gasteiger partial charge in [0.1, 0.15) is 5.75 Å². The number of para-hydroxylation sites is 1. The first-order valence-corrected chi connectivity index (χ1v) is 4.87. The third-order valence-corrected chi connectivity index (χ3v) is 2.41. The molecule has 1 aliphatic rings. The summed E-state index contributed by atoms with van der Waals surface area (Å²) in [6, 6.07) is 3.90. The fraction of sp³-hybridized carbons (Fsp3) is 0.300. The Morgan fingerprint density at radius 3 is 2.75 bits per heavy atom. The van der Waals surface area contributed by atoms with E-state index in [0.29, 0.717) is 0 Å². The van der Waals surface area contributed by atoms with Gasteiger partial charge in [0.15, 0.2) is 5.69 Å². The Balaban J connectivity index is 2.29. The first-order chi connectivity index (χ1) is 7.59. The highest BCUT2D eigenvalue weighted by atomic mass is 16.6. The lowest BCUT2D eigenvalue weighted by Gasteiger charge is -2.06. The van der Waals surface area contributed by atoms with Crippen LogP contribution in [0.4, 0.5) is 11.4 Å². The molecule has 2 rings (SSSR count). The van der Waals surface area contributed by atoms with E-state index in [4.69, 9.17) is 0 Å². The molecule has 1 fully saturated rings. The molecule has 6 nitrogen and oxygen atoms in total. The molecule has 0 saturated heterocycles. The van der Waals surface area contributed by atoms with Gasteiger partial charge in [0.25, 0.3) is 5.69 Å². The maximum absolute atomic E-state index is 11.5. The standard InChI is InChI=1S/C10H10N2O4/c13-8-3-1-2-7(12(15)16)9(8)11-10(14)6-4-5-6/h1-3,6,13H,4-5H2,(H,11,14). The Morgan fingerprint density at radius 1 is 1.50 bits per heavy atom. The van der Waals surface area contributed by atoms with Crippen LogP contribution in [-0.2, 0) is 4.79 Å². The third-order valence-electron chi connectivity index (χ3n) is 2.41. The van der Waals surface area contributed by atoms with E-state index in [2.05, 4.69) is 5.32 Å². The van der Waals surface area contributed by atoms with Gasteiger partial charge in [-0.25, -0.2) is 0 Å². The fourth-order valence-electron chi connectivity index (χ4n) is 1.38. The summed E-state index contributed by atoms with van der Waals surface area (Å²) in [5.41, 5.74) is -0.418. The smallest absolute Gasteiger partial charge is 0.296 e. The van der Waals surface area contributed by atoms with Crippen molar-refractivity contribution in [2.45, 2.75) is 12.8 Å². The number of carbonyl (C=O) groups excluding carboxylic acids is 1. The third kappa shape index (κ3) is 1.95. The Morgan fingerprint density at radius 2 is 2.19 bits per heavy atom. The van der Waals surface area contributed by atoms with Gasteiger partial charge in [-0.05, 0) is 18.9 Å². The highest BCUT2D eigenvalue weighted by Gasteiger charge is 2.31. The van der Waals surface area contributed by atoms with Crippen LogP contribution in [0, 0.1) is 16.0 Å². The van der Waals surface area contributed by atoms with Crippen molar-refractivity contribution in [1.82, 2.24) is 0 Å². The fourth-order valence-corrected chi connectivity index (χ4v) is 1.38. The summed E-state index contributed by atoms with van der Waals surface area (Å²) in [6.45, 7) is 0. The molecule has 1 aromatic rings. The Hall–Kier alpha value is -2.11. The zero-order valence-corrected chi connectivity index (χ0v) is 8.34. The minimum absolute atomic E-state index is 0.0702. The van der Waals surface area contributed by atoms with E-state index < -0.39 is 4.92 Å². The number of nitro benzene ring substituents is 1. The number of hydrogen-bond acceptors (Lipinski definition) is 4. The highest BCUT2D eigenvalue weighted by molar-refractivity contribution is 5.97. The molecular weight excluding hydrogens is 212 g/mol. The second-order valence-corrected chi connectivity index (χ2v) is 3.69. The summed E-state index contributed by atoms with van der Waals surface area (Å²) in [7, 11) is 0. The average molecular weight is 222 g/mol. The van der Waals surface area contributed by atoms with Crippen molar-refractivity contribution >= 4 is 17.3 Å². The molecule has 0 aliphatic heterocycles. The van der Waals surface area contributed by atoms with Gasteiger partial charge in [0, 0.05) is 12.0 Å². The van der Waals surface area contributed by atoms with Crippen molar-refractivity contribution < 1.29 is 14.8 Å². The van der Waals surface area contributed by atoms with Crippen LogP contribution in [0.25, 0.3) is 0 Å². The largest absolute Gasteiger partial charge is 0.505 e. The lowest BCUT2D eigenvalue weighted by molar-refractivity contribution is -0.384. The van der Waals surface area contributed by atoms with Crippen LogP contribution in [0.1, 0.15) is 12.8 Å². The number of amides is 1. The van der Waals surface area contributed by atoms with Crippen molar-refractivity contribution in [1.29, 1.82) is 0 Å². The predicted octanol–water partition coefficient (Wildman–Crippen LogP) is 1.65. The first-order valence-electron chi connectivity index (χ1n) is 4.87. The van der Waals surface area contributed by atoms with E-state index in [1.165, 1.54) is 18.2 Å². The SMILES string of the molecule is O=C(Nc1c(O)cccc1[N+](=O)[O-])C1CC1. The van der Waals surface area contributed by atoms with E-state index >= 15 is 0 Å². The maximum Gasteiger partial charge on any atom is 0.296 e. The van der Waals surface area contributed by atoms with E-state index in [1.54, 1.807) is 0 Å². The van der Waals surface area contributed by atoms with Gasteiger partial charge in [-0.15, -0.1) is 0 Å². The molecule has 1 amide bonds. The molecule has 0 heterocycles. The number of carbonyl (C=O) groups is 1. The minimum Gasteiger partial charge on any atom is -0.505 e. The monoisotopic (exact) mass is 222 g/mol. The van der Waals surface area contributed by atoms with Crippen molar-refractivity contribution in [2.24, 2.45) is 5.92 Å². The molecule has 0 unspecified atom stereocenters. The summed E-state index contributed by atoms with van der Waals surface area (Å²) in [5, 5.41) is 22.5. The number of phenols is 1. The average Bonchev–Trinajstić information content (AvgIpc) is 3.03. The predicted molar refractivity (Wildman–Crippen MR) is 56.1 cm³/mol. The topological polar surface area (TPSA) is 92.5 Å². The molecular formula is C10H10N2O4. The molecule has 0 atom stereocenters. The molecule has 0 spiro atoms. The van der Waals surface area contributed by atoms with Gasteiger partial charge < -0.3 is 10.4 Å². The number of aromatic hydroxyl groups is 1. The lowest BCUT2D eigenvalue weighted by Crippen LogP contribution is -2.14. The number of nitro groups is 1. The molecule has 1 aliphatic carbocycles. The van der Waals surface area contributed by atoms with Gasteiger partial charge in [0.05, 0.1) is 4.92 Å². The lowest BCUT2D eigenvalue weighted by atomic mass is 10.2. The number of benzene rings is 1. The molecule has 1 saturated carbocycles. The molecule has 6 heteroatoms. The summed E-state index contributed by atoms with van der Waals surface area (Å²) in [4.78, 5) is 21.5. The quantitative estimate of drug-likeness (QED) is 0.462. The summed E-state index contributed by atoms with van der Waals surface area (Å²) < 4.78 is 0. The second kappa shape index (κ2) is 3.80. The molecule has 84 valence electrons. The van der Waals surface area contributed by atoms with Gasteiger partial charge in [-0.2, -0.15) is 0 Å². The van der Waals surface area contributed by atoms with Gasteiger partial charge in [-0.3, -0.25) is 14.9 Å². The Labute approximate surface area is 91.0 Å². The number of rotatable bonds is 3. The van der Waals surface area contributed by atoms with Crippen LogP contribution in [0.5, 0.6) is 5.75 Å². The van der Waals surface area contributed by atoms with Crippen LogP contribution in [0.2, 0.25) is 0 Å². The normalized spacial score (nSPS) is 14.5. The number of phenolic OH excluding ortho intramolecular Hbond substituents is 1. The molecule has 16 heavy (non-hydrogen) atoms. The van der Waals surface area contributed by atoms with Crippen LogP contribution in [-0.4, -0.2) is 15.9 Å². The number of anilines is 1. The van der Waals surface area contributed by atoms with Crippen LogP contribution >= 0.6 is 0 Å². The van der Waals surface area contributed by atoms with Crippen molar-refractivity contribution in [3.05, 3.63) is 28.3 Å². The van der Waals surface area contributed by atoms with Gasteiger partial charge in [0.2, 0.25) is 5.91 Å². The van der Waals surface area contributed by atoms with Crippen molar-refractivity contribution in [3.8, 4) is 5.75 Å². The summed E-state index contributed by atoms with van der Waals surface area (Å²) >= 11 is 0. The Kier molecular flexibility index (Phi) is 2.47. The van der Waals surface area contributed by atoms with E-state index in [-0.39, 0.29) is 28.9 Å². The molecule has 2 N–H and O–H groups in total. The summed E-state index contributed by atoms with van der Waals surface area (Å²) in [5.74, 6) is -0.632. The zero-order valence-electron chi connectivity index (χ0n) is 8.34. The van der Waals surface area contributed by atoms with Crippen LogP contribution < -0.4 is 5.32 Å². The van der Waals surface area contributed by atoms with E-state index in [0.717, 1.165) is 12.8 Å². The number of nitrogens with zero attached hydrogens (tertiary/aromatic N) is 1.